The molecule has 0 N–H and O–H groups in total. The first kappa shape index (κ1) is 17.3. The first-order valence-electron chi connectivity index (χ1n) is 9.77. The summed E-state index contributed by atoms with van der Waals surface area (Å²) in [6, 6.07) is 2.09. The maximum atomic E-state index is 12.9. The molecule has 7 nitrogen and oxygen atoms in total. The topological polar surface area (TPSA) is 76.6 Å². The number of carbonyl (C=O) groups is 1. The van der Waals surface area contributed by atoms with Gasteiger partial charge in [0.2, 0.25) is 17.5 Å². The molecule has 1 amide bonds. The van der Waals surface area contributed by atoms with Crippen molar-refractivity contribution in [2.75, 3.05) is 50.7 Å². The van der Waals surface area contributed by atoms with E-state index >= 15 is 0 Å². The van der Waals surface area contributed by atoms with Crippen LogP contribution in [0.2, 0.25) is 0 Å². The van der Waals surface area contributed by atoms with E-state index in [1.54, 1.807) is 6.92 Å². The Morgan fingerprint density at radius 2 is 1.85 bits per heavy atom. The van der Waals surface area contributed by atoms with Gasteiger partial charge in [-0.2, -0.15) is 5.26 Å². The zero-order valence-corrected chi connectivity index (χ0v) is 15.5. The number of carbonyl (C=O) groups excluding carboxylic acids is 1. The molecule has 2 aliphatic heterocycles. The SMILES string of the molecule is Cc1nc(C#N)c(N2CCC(C(=O)N3CCN(CC4CC4)CC3)CC2)o1. The van der Waals surface area contributed by atoms with Crippen molar-refractivity contribution in [2.24, 2.45) is 11.8 Å². The Kier molecular flexibility index (Phi) is 4.86. The minimum absolute atomic E-state index is 0.0933. The number of piperazine rings is 1. The minimum Gasteiger partial charge on any atom is -0.424 e. The molecule has 0 aromatic carbocycles. The van der Waals surface area contributed by atoms with E-state index in [0.29, 0.717) is 23.4 Å². The Morgan fingerprint density at radius 3 is 2.46 bits per heavy atom. The average Bonchev–Trinajstić information content (AvgIpc) is 3.40. The normalized spacial score (nSPS) is 22.5. The number of anilines is 1. The lowest BCUT2D eigenvalue weighted by molar-refractivity contribution is -0.138. The summed E-state index contributed by atoms with van der Waals surface area (Å²) >= 11 is 0. The Bertz CT molecular complexity index is 689. The van der Waals surface area contributed by atoms with Crippen molar-refractivity contribution < 1.29 is 9.21 Å². The predicted molar refractivity (Wildman–Crippen MR) is 96.6 cm³/mol. The highest BCUT2D eigenvalue weighted by atomic mass is 16.4. The summed E-state index contributed by atoms with van der Waals surface area (Å²) < 4.78 is 5.60. The van der Waals surface area contributed by atoms with Gasteiger partial charge in [0.05, 0.1) is 0 Å². The van der Waals surface area contributed by atoms with E-state index in [0.717, 1.165) is 58.0 Å². The Labute approximate surface area is 154 Å². The highest BCUT2D eigenvalue weighted by molar-refractivity contribution is 5.79. The molecule has 1 aromatic heterocycles. The molecule has 1 aromatic rings. The lowest BCUT2D eigenvalue weighted by Gasteiger charge is -2.38. The van der Waals surface area contributed by atoms with Crippen LogP contribution in [-0.2, 0) is 4.79 Å². The van der Waals surface area contributed by atoms with Crippen molar-refractivity contribution in [1.82, 2.24) is 14.8 Å². The van der Waals surface area contributed by atoms with Crippen LogP contribution in [-0.4, -0.2) is 66.5 Å². The second-order valence-corrected chi connectivity index (χ2v) is 7.83. The fourth-order valence-electron chi connectivity index (χ4n) is 4.11. The second-order valence-electron chi connectivity index (χ2n) is 7.83. The summed E-state index contributed by atoms with van der Waals surface area (Å²) in [5, 5.41) is 9.19. The summed E-state index contributed by atoms with van der Waals surface area (Å²) in [4.78, 5) is 23.6. The third-order valence-corrected chi connectivity index (χ3v) is 5.85. The van der Waals surface area contributed by atoms with Gasteiger partial charge in [-0.15, -0.1) is 0 Å². The molecule has 0 radical (unpaired) electrons. The van der Waals surface area contributed by atoms with Gasteiger partial charge >= 0.3 is 0 Å². The monoisotopic (exact) mass is 357 g/mol. The molecule has 0 atom stereocenters. The van der Waals surface area contributed by atoms with Gasteiger partial charge in [-0.3, -0.25) is 9.69 Å². The lowest BCUT2D eigenvalue weighted by Crippen LogP contribution is -2.52. The van der Waals surface area contributed by atoms with E-state index in [9.17, 15) is 10.1 Å². The van der Waals surface area contributed by atoms with Crippen molar-refractivity contribution in [2.45, 2.75) is 32.6 Å². The number of oxazole rings is 1. The van der Waals surface area contributed by atoms with E-state index in [4.69, 9.17) is 4.42 Å². The van der Waals surface area contributed by atoms with Gasteiger partial charge in [0.25, 0.3) is 0 Å². The molecule has 1 aliphatic carbocycles. The number of aromatic nitrogens is 1. The van der Waals surface area contributed by atoms with Gasteiger partial charge < -0.3 is 14.2 Å². The number of aryl methyl sites for hydroxylation is 1. The molecule has 26 heavy (non-hydrogen) atoms. The smallest absolute Gasteiger partial charge is 0.234 e. The number of nitriles is 1. The van der Waals surface area contributed by atoms with E-state index in [2.05, 4.69) is 25.8 Å². The molecule has 3 fully saturated rings. The van der Waals surface area contributed by atoms with Crippen LogP contribution in [0.15, 0.2) is 4.42 Å². The highest BCUT2D eigenvalue weighted by Crippen LogP contribution is 2.30. The number of piperidine rings is 1. The van der Waals surface area contributed by atoms with Crippen LogP contribution in [0.25, 0.3) is 0 Å². The van der Waals surface area contributed by atoms with Crippen molar-refractivity contribution in [3.8, 4) is 6.07 Å². The fraction of sp³-hybridized carbons (Fsp3) is 0.737. The Morgan fingerprint density at radius 1 is 1.15 bits per heavy atom. The van der Waals surface area contributed by atoms with Gasteiger partial charge in [0.1, 0.15) is 6.07 Å². The third-order valence-electron chi connectivity index (χ3n) is 5.85. The van der Waals surface area contributed by atoms with Crippen LogP contribution < -0.4 is 4.90 Å². The number of amides is 1. The van der Waals surface area contributed by atoms with Gasteiger partial charge in [-0.1, -0.05) is 0 Å². The van der Waals surface area contributed by atoms with Gasteiger partial charge in [0.15, 0.2) is 5.89 Å². The van der Waals surface area contributed by atoms with Crippen LogP contribution in [0.4, 0.5) is 5.88 Å². The molecule has 140 valence electrons. The van der Waals surface area contributed by atoms with E-state index in [1.165, 1.54) is 19.4 Å². The van der Waals surface area contributed by atoms with Crippen LogP contribution in [0.1, 0.15) is 37.3 Å². The van der Waals surface area contributed by atoms with Gasteiger partial charge in [-0.05, 0) is 31.6 Å². The molecule has 0 bridgehead atoms. The predicted octanol–water partition coefficient (Wildman–Crippen LogP) is 1.63. The van der Waals surface area contributed by atoms with Gasteiger partial charge in [-0.25, -0.2) is 4.98 Å². The average molecular weight is 357 g/mol. The molecule has 2 saturated heterocycles. The molecule has 0 unspecified atom stereocenters. The summed E-state index contributed by atoms with van der Waals surface area (Å²) in [6.45, 7) is 8.22. The Balaban J connectivity index is 1.27. The molecule has 0 spiro atoms. The molecule has 3 aliphatic rings. The molecule has 7 heteroatoms. The lowest BCUT2D eigenvalue weighted by atomic mass is 9.95. The molecular weight excluding hydrogens is 330 g/mol. The van der Waals surface area contributed by atoms with Crippen molar-refractivity contribution in [3.05, 3.63) is 11.6 Å². The van der Waals surface area contributed by atoms with Crippen LogP contribution >= 0.6 is 0 Å². The summed E-state index contributed by atoms with van der Waals surface area (Å²) in [5.41, 5.74) is 0.346. The van der Waals surface area contributed by atoms with Crippen LogP contribution in [0.3, 0.4) is 0 Å². The Hall–Kier alpha value is -2.07. The first-order chi connectivity index (χ1) is 12.6. The van der Waals surface area contributed by atoms with Crippen LogP contribution in [0, 0.1) is 30.1 Å². The molecule has 3 heterocycles. The van der Waals surface area contributed by atoms with E-state index in [1.807, 2.05) is 0 Å². The van der Waals surface area contributed by atoms with Crippen LogP contribution in [0.5, 0.6) is 0 Å². The first-order valence-corrected chi connectivity index (χ1v) is 9.77. The highest BCUT2D eigenvalue weighted by Gasteiger charge is 2.33. The maximum absolute atomic E-state index is 12.9. The quantitative estimate of drug-likeness (QED) is 0.815. The zero-order valence-electron chi connectivity index (χ0n) is 15.5. The van der Waals surface area contributed by atoms with E-state index in [-0.39, 0.29) is 5.92 Å². The largest absolute Gasteiger partial charge is 0.424 e. The van der Waals surface area contributed by atoms with Crippen molar-refractivity contribution in [1.29, 1.82) is 5.26 Å². The fourth-order valence-corrected chi connectivity index (χ4v) is 4.11. The number of hydrogen-bond acceptors (Lipinski definition) is 6. The van der Waals surface area contributed by atoms with Crippen molar-refractivity contribution in [3.63, 3.8) is 0 Å². The van der Waals surface area contributed by atoms with E-state index < -0.39 is 0 Å². The summed E-state index contributed by atoms with van der Waals surface area (Å²) in [5.74, 6) is 2.39. The molecule has 1 saturated carbocycles. The molecule has 4 rings (SSSR count). The summed E-state index contributed by atoms with van der Waals surface area (Å²) in [7, 11) is 0. The van der Waals surface area contributed by atoms with Crippen molar-refractivity contribution >= 4 is 11.8 Å². The second kappa shape index (κ2) is 7.28. The zero-order chi connectivity index (χ0) is 18.1. The number of rotatable bonds is 4. The number of hydrogen-bond donors (Lipinski definition) is 0. The standard InChI is InChI=1S/C19H27N5O2/c1-14-21-17(12-20)19(26-14)24-6-4-16(5-7-24)18(25)23-10-8-22(9-11-23)13-15-2-3-15/h15-16H,2-11,13H2,1H3. The third kappa shape index (κ3) is 3.70. The summed E-state index contributed by atoms with van der Waals surface area (Å²) in [6.07, 6.45) is 4.39. The van der Waals surface area contributed by atoms with Gasteiger partial charge in [0, 0.05) is 58.7 Å². The number of nitrogens with zero attached hydrogens (tertiary/aromatic N) is 5. The molecular formula is C19H27N5O2. The maximum Gasteiger partial charge on any atom is 0.234 e. The minimum atomic E-state index is 0.0933.